The Morgan fingerprint density at radius 1 is 0.196 bits per heavy atom. The zero-order chi connectivity index (χ0) is 75.2. The van der Waals surface area contributed by atoms with E-state index in [4.69, 9.17) is 18.9 Å². The quantitative estimate of drug-likeness (QED) is 0.0899. The van der Waals surface area contributed by atoms with Gasteiger partial charge in [0.05, 0.1) is 56.2 Å². The Bertz CT molecular complexity index is 6770. The number of rotatable bonds is 16. The van der Waals surface area contributed by atoms with E-state index in [-0.39, 0.29) is 0 Å². The molecule has 2 aromatic heterocycles. The van der Waals surface area contributed by atoms with Crippen molar-refractivity contribution in [3.63, 3.8) is 0 Å². The Hall–Kier alpha value is -14.6. The normalized spacial score (nSPS) is 11.4. The minimum Gasteiger partial charge on any atom is -0.497 e. The summed E-state index contributed by atoms with van der Waals surface area (Å²) in [5, 5.41) is 14.3. The van der Waals surface area contributed by atoms with Crippen molar-refractivity contribution in [3.05, 3.63) is 388 Å². The van der Waals surface area contributed by atoms with Gasteiger partial charge in [-0.15, -0.1) is 0 Å². The number of fused-ring (bicyclic) bond motifs is 10. The average Bonchev–Trinajstić information content (AvgIpc) is 1.16. The molecule has 0 aliphatic heterocycles. The number of hydrogen-bond acceptors (Lipinski definition) is 6. The average molecular weight is 1450 g/mol. The minimum atomic E-state index is 0.814. The first-order valence-electron chi connectivity index (χ1n) is 37.8. The summed E-state index contributed by atoms with van der Waals surface area (Å²) in [4.78, 5) is 4.75. The monoisotopic (exact) mass is 1440 g/mol. The lowest BCUT2D eigenvalue weighted by Crippen LogP contribution is -2.11. The summed E-state index contributed by atoms with van der Waals surface area (Å²) in [6.07, 6.45) is 0. The molecule has 20 aromatic rings. The van der Waals surface area contributed by atoms with Crippen LogP contribution in [0, 0.1) is 0 Å². The van der Waals surface area contributed by atoms with Gasteiger partial charge in [-0.1, -0.05) is 224 Å². The zero-order valence-electron chi connectivity index (χ0n) is 62.4. The van der Waals surface area contributed by atoms with E-state index in [1.807, 2.05) is 24.3 Å². The van der Waals surface area contributed by atoms with Gasteiger partial charge in [-0.2, -0.15) is 0 Å². The fourth-order valence-electron chi connectivity index (χ4n) is 17.0. The molecule has 0 N–H and O–H groups in total. The first kappa shape index (κ1) is 68.0. The van der Waals surface area contributed by atoms with Crippen LogP contribution in [0.15, 0.2) is 388 Å². The fraction of sp³-hybridized carbons (Fsp3) is 0.0385. The van der Waals surface area contributed by atoms with Crippen molar-refractivity contribution in [2.75, 3.05) is 38.2 Å². The highest BCUT2D eigenvalue weighted by molar-refractivity contribution is 6.26. The number of methoxy groups -OCH3 is 4. The van der Waals surface area contributed by atoms with E-state index < -0.39 is 0 Å². The maximum Gasteiger partial charge on any atom is 0.119 e. The van der Waals surface area contributed by atoms with Gasteiger partial charge < -0.3 is 37.9 Å². The molecule has 0 saturated carbocycles. The summed E-state index contributed by atoms with van der Waals surface area (Å²) in [6, 6.07) is 139. The van der Waals surface area contributed by atoms with Crippen LogP contribution in [-0.2, 0) is 0 Å². The molecule has 8 heteroatoms. The van der Waals surface area contributed by atoms with Gasteiger partial charge in [0.2, 0.25) is 0 Å². The van der Waals surface area contributed by atoms with Crippen molar-refractivity contribution >= 4 is 121 Å². The van der Waals surface area contributed by atoms with Crippen LogP contribution in [-0.4, -0.2) is 37.6 Å². The number of aromatic nitrogens is 2. The van der Waals surface area contributed by atoms with E-state index in [9.17, 15) is 0 Å². The Balaban J connectivity index is 0.000000151. The highest BCUT2D eigenvalue weighted by Gasteiger charge is 2.26. The fourth-order valence-corrected chi connectivity index (χ4v) is 17.0. The molecule has 0 saturated heterocycles. The van der Waals surface area contributed by atoms with Crippen molar-refractivity contribution in [1.82, 2.24) is 9.13 Å². The van der Waals surface area contributed by atoms with E-state index in [1.165, 1.54) is 65.3 Å². The maximum absolute atomic E-state index is 5.80. The second kappa shape index (κ2) is 29.2. The molecule has 20 rings (SSSR count). The largest absolute Gasteiger partial charge is 0.497 e. The number of para-hydroxylation sites is 6. The highest BCUT2D eigenvalue weighted by atomic mass is 16.5. The van der Waals surface area contributed by atoms with E-state index in [0.29, 0.717) is 0 Å². The molecule has 0 amide bonds. The Labute approximate surface area is 650 Å². The number of benzene rings is 18. The first-order valence-corrected chi connectivity index (χ1v) is 37.8. The molecular formula is C104H76N4O4. The van der Waals surface area contributed by atoms with Crippen molar-refractivity contribution < 1.29 is 18.9 Å². The summed E-state index contributed by atoms with van der Waals surface area (Å²) in [5.41, 5.74) is 22.4. The second-order valence-electron chi connectivity index (χ2n) is 28.1. The van der Waals surface area contributed by atoms with Crippen LogP contribution in [0.4, 0.5) is 34.1 Å². The molecule has 112 heavy (non-hydrogen) atoms. The van der Waals surface area contributed by atoms with Gasteiger partial charge in [0.15, 0.2) is 0 Å². The standard InChI is InChI=1S/2C52H38N2O2/c1-55-40-19-12-15-35(33-40)50-44-23-6-7-24-45(44)51(36-16-13-20-41(34-36)56-2)52-46(50)25-14-28-49(52)53(37-17-4-3-5-18-37)38-29-31-39(32-30-38)54-47-26-10-8-21-42(47)43-22-9-11-27-48(43)54;1-55-41-18-12-14-35(32-41)51-45-22-6-7-23-46(45)52(36-15-13-19-42(33-36)56-2)48-34-40(30-31-47(48)51)53(37-16-4-3-5-17-37)38-26-28-39(29-27-38)54-49-24-10-8-20-43(49)44-21-9-11-25-50(44)54/h2*3-34H,1-2H3. The third kappa shape index (κ3) is 12.0. The number of nitrogens with zero attached hydrogens (tertiary/aromatic N) is 4. The Kier molecular flexibility index (Phi) is 17.7. The highest BCUT2D eigenvalue weighted by Crippen LogP contribution is 2.52. The van der Waals surface area contributed by atoms with Gasteiger partial charge in [-0.05, 0) is 246 Å². The molecule has 536 valence electrons. The van der Waals surface area contributed by atoms with Crippen LogP contribution >= 0.6 is 0 Å². The molecular weight excluding hydrogens is 1370 g/mol. The molecule has 8 nitrogen and oxygen atoms in total. The number of hydrogen-bond donors (Lipinski definition) is 0. The summed E-state index contributed by atoms with van der Waals surface area (Å²) in [5.74, 6) is 3.28. The van der Waals surface area contributed by atoms with Crippen molar-refractivity contribution in [3.8, 4) is 78.9 Å². The van der Waals surface area contributed by atoms with E-state index in [2.05, 4.69) is 383 Å². The molecule has 0 aliphatic carbocycles. The van der Waals surface area contributed by atoms with Crippen LogP contribution in [0.5, 0.6) is 23.0 Å². The van der Waals surface area contributed by atoms with Crippen molar-refractivity contribution in [1.29, 1.82) is 0 Å². The van der Waals surface area contributed by atoms with Crippen LogP contribution in [0.2, 0.25) is 0 Å². The van der Waals surface area contributed by atoms with Gasteiger partial charge in [-0.25, -0.2) is 0 Å². The van der Waals surface area contributed by atoms with Gasteiger partial charge in [-0.3, -0.25) is 0 Å². The van der Waals surface area contributed by atoms with Crippen LogP contribution in [0.3, 0.4) is 0 Å². The van der Waals surface area contributed by atoms with E-state index in [1.54, 1.807) is 28.4 Å². The lowest BCUT2D eigenvalue weighted by Gasteiger charge is -2.29. The van der Waals surface area contributed by atoms with Crippen molar-refractivity contribution in [2.24, 2.45) is 0 Å². The van der Waals surface area contributed by atoms with Crippen molar-refractivity contribution in [2.45, 2.75) is 0 Å². The third-order valence-electron chi connectivity index (χ3n) is 21.9. The number of anilines is 6. The predicted molar refractivity (Wildman–Crippen MR) is 469 cm³/mol. The summed E-state index contributed by atoms with van der Waals surface area (Å²) >= 11 is 0. The molecule has 2 heterocycles. The Morgan fingerprint density at radius 2 is 0.482 bits per heavy atom. The van der Waals surface area contributed by atoms with Gasteiger partial charge in [0.1, 0.15) is 23.0 Å². The minimum absolute atomic E-state index is 0.814. The first-order chi connectivity index (χ1) is 55.4. The molecule has 0 aliphatic rings. The molecule has 0 atom stereocenters. The molecule has 0 spiro atoms. The molecule has 0 unspecified atom stereocenters. The molecule has 0 bridgehead atoms. The lowest BCUT2D eigenvalue weighted by atomic mass is 9.85. The second-order valence-corrected chi connectivity index (χ2v) is 28.1. The molecule has 0 fully saturated rings. The summed E-state index contributed by atoms with van der Waals surface area (Å²) in [6.45, 7) is 0. The van der Waals surface area contributed by atoms with E-state index >= 15 is 0 Å². The van der Waals surface area contributed by atoms with Crippen LogP contribution in [0.25, 0.3) is 143 Å². The maximum atomic E-state index is 5.80. The van der Waals surface area contributed by atoms with E-state index in [0.717, 1.165) is 134 Å². The summed E-state index contributed by atoms with van der Waals surface area (Å²) in [7, 11) is 6.90. The molecule has 18 aromatic carbocycles. The Morgan fingerprint density at radius 3 is 0.884 bits per heavy atom. The van der Waals surface area contributed by atoms with Gasteiger partial charge >= 0.3 is 0 Å². The zero-order valence-corrected chi connectivity index (χ0v) is 62.4. The lowest BCUT2D eigenvalue weighted by molar-refractivity contribution is 0.415. The smallest absolute Gasteiger partial charge is 0.119 e. The molecule has 0 radical (unpaired) electrons. The van der Waals surface area contributed by atoms with Crippen LogP contribution < -0.4 is 28.7 Å². The SMILES string of the molecule is COc1cccc(-c2c3ccccc3c(-c3cccc(OC)c3)c3c(N(c4ccccc4)c4ccc(-n5c6ccccc6c6ccccc65)cc4)cccc23)c1.COc1cccc(-c2c3ccccc3c(-c3cccc(OC)c3)c3cc(N(c4ccccc4)c4ccc(-n5c6ccccc6c6ccccc65)cc4)ccc23)c1. The topological polar surface area (TPSA) is 53.3 Å². The predicted octanol–water partition coefficient (Wildman–Crippen LogP) is 27.8. The third-order valence-corrected chi connectivity index (χ3v) is 21.9. The summed E-state index contributed by atoms with van der Waals surface area (Å²) < 4.78 is 27.8. The van der Waals surface area contributed by atoms with Gasteiger partial charge in [0, 0.05) is 66.7 Å². The van der Waals surface area contributed by atoms with Crippen LogP contribution in [0.1, 0.15) is 0 Å². The number of ether oxygens (including phenoxy) is 4. The van der Waals surface area contributed by atoms with Gasteiger partial charge in [0.25, 0.3) is 0 Å².